The van der Waals surface area contributed by atoms with Crippen molar-refractivity contribution in [3.05, 3.63) is 17.7 Å². The zero-order valence-corrected chi connectivity index (χ0v) is 7.59. The number of H-pyrrole nitrogens is 1. The van der Waals surface area contributed by atoms with Crippen LogP contribution in [0.4, 0.5) is 0 Å². The summed E-state index contributed by atoms with van der Waals surface area (Å²) < 4.78 is 0. The highest BCUT2D eigenvalue weighted by molar-refractivity contribution is 5.04. The zero-order valence-electron chi connectivity index (χ0n) is 7.59. The average molecular weight is 165 g/mol. The van der Waals surface area contributed by atoms with Crippen molar-refractivity contribution >= 4 is 0 Å². The first-order chi connectivity index (χ1) is 5.75. The van der Waals surface area contributed by atoms with Crippen molar-refractivity contribution in [2.45, 2.75) is 26.3 Å². The van der Waals surface area contributed by atoms with E-state index in [9.17, 15) is 0 Å². The summed E-state index contributed by atoms with van der Waals surface area (Å²) in [6.07, 6.45) is 3.09. The van der Waals surface area contributed by atoms with Crippen LogP contribution in [0, 0.1) is 12.8 Å². The van der Waals surface area contributed by atoms with E-state index in [2.05, 4.69) is 22.2 Å². The number of nitrogens with zero attached hydrogens (tertiary/aromatic N) is 1. The Labute approximate surface area is 72.6 Å². The molecule has 66 valence electrons. The minimum atomic E-state index is 0.452. The molecule has 2 heterocycles. The predicted octanol–water partition coefficient (Wildman–Crippen LogP) is 1.39. The molecule has 1 aliphatic rings. The number of aromatic nitrogens is 2. The number of aromatic amines is 1. The fourth-order valence-electron chi connectivity index (χ4n) is 1.73. The SMILES string of the molecule is Cc1cnc(C2CC(C)CN2)[nH]1. The molecule has 2 atom stereocenters. The second-order valence-electron chi connectivity index (χ2n) is 3.75. The van der Waals surface area contributed by atoms with Crippen LogP contribution in [-0.2, 0) is 0 Å². The maximum absolute atomic E-state index is 4.31. The molecule has 1 aromatic heterocycles. The molecule has 0 aromatic carbocycles. The first-order valence-corrected chi connectivity index (χ1v) is 4.50. The van der Waals surface area contributed by atoms with Crippen LogP contribution in [0.2, 0.25) is 0 Å². The maximum atomic E-state index is 4.31. The molecule has 12 heavy (non-hydrogen) atoms. The molecule has 0 aliphatic carbocycles. The third kappa shape index (κ3) is 1.37. The van der Waals surface area contributed by atoms with E-state index < -0.39 is 0 Å². The molecule has 3 heteroatoms. The van der Waals surface area contributed by atoms with Crippen molar-refractivity contribution < 1.29 is 0 Å². The number of imidazole rings is 1. The van der Waals surface area contributed by atoms with Gasteiger partial charge in [-0.1, -0.05) is 6.92 Å². The van der Waals surface area contributed by atoms with Crippen LogP contribution in [0.1, 0.15) is 30.9 Å². The highest BCUT2D eigenvalue weighted by Crippen LogP contribution is 2.24. The molecule has 1 fully saturated rings. The van der Waals surface area contributed by atoms with Gasteiger partial charge in [-0.15, -0.1) is 0 Å². The van der Waals surface area contributed by atoms with E-state index in [4.69, 9.17) is 0 Å². The van der Waals surface area contributed by atoms with Crippen LogP contribution >= 0.6 is 0 Å². The number of aryl methyl sites for hydroxylation is 1. The Hall–Kier alpha value is -0.830. The van der Waals surface area contributed by atoms with Gasteiger partial charge in [0.2, 0.25) is 0 Å². The van der Waals surface area contributed by atoms with Crippen LogP contribution in [0.5, 0.6) is 0 Å². The molecule has 0 saturated carbocycles. The number of nitrogens with one attached hydrogen (secondary N) is 2. The van der Waals surface area contributed by atoms with Crippen molar-refractivity contribution in [1.29, 1.82) is 0 Å². The molecular formula is C9H15N3. The highest BCUT2D eigenvalue weighted by atomic mass is 15.0. The molecule has 1 aromatic rings. The van der Waals surface area contributed by atoms with Gasteiger partial charge >= 0.3 is 0 Å². The van der Waals surface area contributed by atoms with E-state index in [1.165, 1.54) is 6.42 Å². The summed E-state index contributed by atoms with van der Waals surface area (Å²) in [5.41, 5.74) is 1.14. The summed E-state index contributed by atoms with van der Waals surface area (Å²) in [5, 5.41) is 3.44. The fraction of sp³-hybridized carbons (Fsp3) is 0.667. The van der Waals surface area contributed by atoms with Crippen LogP contribution in [0.25, 0.3) is 0 Å². The van der Waals surface area contributed by atoms with Gasteiger partial charge in [0.1, 0.15) is 5.82 Å². The minimum absolute atomic E-state index is 0.452. The molecule has 0 amide bonds. The van der Waals surface area contributed by atoms with Crippen molar-refractivity contribution in [3.8, 4) is 0 Å². The van der Waals surface area contributed by atoms with E-state index >= 15 is 0 Å². The van der Waals surface area contributed by atoms with E-state index in [0.29, 0.717) is 6.04 Å². The van der Waals surface area contributed by atoms with Gasteiger partial charge in [-0.3, -0.25) is 0 Å². The lowest BCUT2D eigenvalue weighted by atomic mass is 10.1. The first kappa shape index (κ1) is 7.80. The van der Waals surface area contributed by atoms with E-state index in [1.54, 1.807) is 0 Å². The average Bonchev–Trinajstić information content (AvgIpc) is 2.58. The molecule has 2 unspecified atom stereocenters. The molecule has 0 bridgehead atoms. The quantitative estimate of drug-likeness (QED) is 0.660. The van der Waals surface area contributed by atoms with Gasteiger partial charge in [0.05, 0.1) is 6.04 Å². The first-order valence-electron chi connectivity index (χ1n) is 4.50. The second-order valence-corrected chi connectivity index (χ2v) is 3.75. The Morgan fingerprint density at radius 1 is 1.58 bits per heavy atom. The topological polar surface area (TPSA) is 40.7 Å². The van der Waals surface area contributed by atoms with Gasteiger partial charge in [-0.2, -0.15) is 0 Å². The van der Waals surface area contributed by atoms with Gasteiger partial charge in [0, 0.05) is 11.9 Å². The Kier molecular flexibility index (Phi) is 1.89. The van der Waals surface area contributed by atoms with Gasteiger partial charge in [-0.25, -0.2) is 4.98 Å². The van der Waals surface area contributed by atoms with Gasteiger partial charge < -0.3 is 10.3 Å². The van der Waals surface area contributed by atoms with Gasteiger partial charge in [-0.05, 0) is 25.8 Å². The zero-order chi connectivity index (χ0) is 8.55. The Morgan fingerprint density at radius 3 is 2.92 bits per heavy atom. The van der Waals surface area contributed by atoms with Crippen LogP contribution in [0.15, 0.2) is 6.20 Å². The largest absolute Gasteiger partial charge is 0.345 e. The number of hydrogen-bond donors (Lipinski definition) is 2. The van der Waals surface area contributed by atoms with Gasteiger partial charge in [0.25, 0.3) is 0 Å². The van der Waals surface area contributed by atoms with Crippen molar-refractivity contribution in [1.82, 2.24) is 15.3 Å². The molecular weight excluding hydrogens is 150 g/mol. The van der Waals surface area contributed by atoms with Crippen molar-refractivity contribution in [3.63, 3.8) is 0 Å². The summed E-state index contributed by atoms with van der Waals surface area (Å²) >= 11 is 0. The normalized spacial score (nSPS) is 29.5. The molecule has 0 spiro atoms. The Morgan fingerprint density at radius 2 is 2.42 bits per heavy atom. The number of hydrogen-bond acceptors (Lipinski definition) is 2. The molecule has 1 saturated heterocycles. The van der Waals surface area contributed by atoms with Crippen molar-refractivity contribution in [2.24, 2.45) is 5.92 Å². The smallest absolute Gasteiger partial charge is 0.123 e. The summed E-state index contributed by atoms with van der Waals surface area (Å²) in [7, 11) is 0. The Bertz CT molecular complexity index is 266. The molecule has 2 N–H and O–H groups in total. The van der Waals surface area contributed by atoms with Crippen LogP contribution in [-0.4, -0.2) is 16.5 Å². The van der Waals surface area contributed by atoms with Crippen molar-refractivity contribution in [2.75, 3.05) is 6.54 Å². The monoisotopic (exact) mass is 165 g/mol. The molecule has 1 aliphatic heterocycles. The van der Waals surface area contributed by atoms with Crippen LogP contribution < -0.4 is 5.32 Å². The molecule has 0 radical (unpaired) electrons. The maximum Gasteiger partial charge on any atom is 0.123 e. The fourth-order valence-corrected chi connectivity index (χ4v) is 1.73. The van der Waals surface area contributed by atoms with Crippen LogP contribution in [0.3, 0.4) is 0 Å². The second kappa shape index (κ2) is 2.90. The summed E-state index contributed by atoms with van der Waals surface area (Å²) in [4.78, 5) is 7.58. The van der Waals surface area contributed by atoms with E-state index in [-0.39, 0.29) is 0 Å². The van der Waals surface area contributed by atoms with E-state index in [1.807, 2.05) is 13.1 Å². The summed E-state index contributed by atoms with van der Waals surface area (Å²) in [6.45, 7) is 5.42. The standard InChI is InChI=1S/C9H15N3/c1-6-3-8(10-4-6)9-11-5-7(2)12-9/h5-6,8,10H,3-4H2,1-2H3,(H,11,12). The third-order valence-corrected chi connectivity index (χ3v) is 2.40. The highest BCUT2D eigenvalue weighted by Gasteiger charge is 2.23. The summed E-state index contributed by atoms with van der Waals surface area (Å²) in [5.74, 6) is 1.87. The van der Waals surface area contributed by atoms with E-state index in [0.717, 1.165) is 24.0 Å². The minimum Gasteiger partial charge on any atom is -0.345 e. The molecule has 2 rings (SSSR count). The lowest BCUT2D eigenvalue weighted by Crippen LogP contribution is -2.14. The van der Waals surface area contributed by atoms with Gasteiger partial charge in [0.15, 0.2) is 0 Å². The summed E-state index contributed by atoms with van der Waals surface area (Å²) in [6, 6.07) is 0.452. The Balaban J connectivity index is 2.11. The third-order valence-electron chi connectivity index (χ3n) is 2.40. The lowest BCUT2D eigenvalue weighted by Gasteiger charge is -2.05. The number of rotatable bonds is 1. The lowest BCUT2D eigenvalue weighted by molar-refractivity contribution is 0.587. The molecule has 3 nitrogen and oxygen atoms in total. The predicted molar refractivity (Wildman–Crippen MR) is 47.8 cm³/mol.